The third-order valence-electron chi connectivity index (χ3n) is 0.971. The van der Waals surface area contributed by atoms with Gasteiger partial charge in [0.05, 0.1) is 6.61 Å². The minimum Gasteiger partial charge on any atom is -0.465 e. The van der Waals surface area contributed by atoms with Crippen LogP contribution in [0.4, 0.5) is 0 Å². The monoisotopic (exact) mass is 165 g/mol. The standard InChI is InChI=1S/C6H12ClNO2/c7-5-6(9)10-4-2-1-3-8/h1-5,8H2. The van der Waals surface area contributed by atoms with Gasteiger partial charge in [-0.1, -0.05) is 0 Å². The highest BCUT2D eigenvalue weighted by molar-refractivity contribution is 6.26. The Labute approximate surface area is 65.5 Å². The van der Waals surface area contributed by atoms with Gasteiger partial charge >= 0.3 is 5.97 Å². The van der Waals surface area contributed by atoms with Crippen LogP contribution in [0.3, 0.4) is 0 Å². The van der Waals surface area contributed by atoms with Crippen molar-refractivity contribution in [1.29, 1.82) is 0 Å². The average Bonchev–Trinajstić information content (AvgIpc) is 1.98. The molecule has 0 unspecified atom stereocenters. The van der Waals surface area contributed by atoms with E-state index in [9.17, 15) is 4.79 Å². The summed E-state index contributed by atoms with van der Waals surface area (Å²) in [7, 11) is 0. The average molecular weight is 166 g/mol. The van der Waals surface area contributed by atoms with Crippen LogP contribution in [0.5, 0.6) is 0 Å². The molecule has 60 valence electrons. The molecule has 0 spiro atoms. The van der Waals surface area contributed by atoms with E-state index in [2.05, 4.69) is 4.74 Å². The summed E-state index contributed by atoms with van der Waals surface area (Å²) in [4.78, 5) is 10.4. The van der Waals surface area contributed by atoms with Crippen molar-refractivity contribution in [2.24, 2.45) is 5.73 Å². The number of esters is 1. The molecule has 0 saturated heterocycles. The second-order valence-corrected chi connectivity index (χ2v) is 2.12. The number of carbonyl (C=O) groups is 1. The summed E-state index contributed by atoms with van der Waals surface area (Å²) in [5.74, 6) is -0.429. The summed E-state index contributed by atoms with van der Waals surface area (Å²) in [5.41, 5.74) is 5.21. The van der Waals surface area contributed by atoms with Crippen molar-refractivity contribution < 1.29 is 9.53 Å². The molecule has 0 rings (SSSR count). The molecule has 0 aliphatic rings. The van der Waals surface area contributed by atoms with Crippen LogP contribution in [0.15, 0.2) is 0 Å². The molecule has 0 atom stereocenters. The fourth-order valence-corrected chi connectivity index (χ4v) is 0.548. The van der Waals surface area contributed by atoms with Gasteiger partial charge in [-0.15, -0.1) is 11.6 Å². The maximum atomic E-state index is 10.4. The van der Waals surface area contributed by atoms with Crippen molar-refractivity contribution >= 4 is 17.6 Å². The minimum atomic E-state index is -0.362. The summed E-state index contributed by atoms with van der Waals surface area (Å²) in [6, 6.07) is 0. The molecule has 0 aliphatic carbocycles. The molecular formula is C6H12ClNO2. The normalized spacial score (nSPS) is 9.40. The molecule has 2 N–H and O–H groups in total. The van der Waals surface area contributed by atoms with Crippen LogP contribution >= 0.6 is 11.6 Å². The predicted molar refractivity (Wildman–Crippen MR) is 40.0 cm³/mol. The Bertz CT molecular complexity index is 97.7. The molecule has 0 amide bonds. The first kappa shape index (κ1) is 9.72. The van der Waals surface area contributed by atoms with E-state index >= 15 is 0 Å². The zero-order chi connectivity index (χ0) is 7.82. The predicted octanol–water partition coefficient (Wildman–Crippen LogP) is 0.507. The van der Waals surface area contributed by atoms with Gasteiger partial charge in [-0.05, 0) is 19.4 Å². The Kier molecular flexibility index (Phi) is 6.64. The first-order valence-electron chi connectivity index (χ1n) is 3.23. The maximum absolute atomic E-state index is 10.4. The zero-order valence-corrected chi connectivity index (χ0v) is 6.56. The van der Waals surface area contributed by atoms with Gasteiger partial charge in [-0.2, -0.15) is 0 Å². The van der Waals surface area contributed by atoms with E-state index in [1.807, 2.05) is 0 Å². The summed E-state index contributed by atoms with van der Waals surface area (Å²) in [6.07, 6.45) is 1.70. The molecule has 0 bridgehead atoms. The molecule has 0 heterocycles. The molecule has 0 aromatic carbocycles. The third kappa shape index (κ3) is 5.85. The molecule has 0 fully saturated rings. The lowest BCUT2D eigenvalue weighted by Gasteiger charge is -1.99. The number of unbranched alkanes of at least 4 members (excludes halogenated alkanes) is 1. The third-order valence-corrected chi connectivity index (χ3v) is 1.19. The number of rotatable bonds is 5. The van der Waals surface area contributed by atoms with E-state index in [0.717, 1.165) is 12.8 Å². The molecular weight excluding hydrogens is 154 g/mol. The van der Waals surface area contributed by atoms with Crippen molar-refractivity contribution in [3.05, 3.63) is 0 Å². The van der Waals surface area contributed by atoms with E-state index in [1.54, 1.807) is 0 Å². The fraction of sp³-hybridized carbons (Fsp3) is 0.833. The lowest BCUT2D eigenvalue weighted by atomic mass is 10.3. The smallest absolute Gasteiger partial charge is 0.320 e. The molecule has 10 heavy (non-hydrogen) atoms. The number of halogens is 1. The quantitative estimate of drug-likeness (QED) is 0.367. The molecule has 0 aromatic rings. The van der Waals surface area contributed by atoms with Crippen molar-refractivity contribution in [1.82, 2.24) is 0 Å². The molecule has 0 radical (unpaired) electrons. The van der Waals surface area contributed by atoms with Crippen LogP contribution in [0.1, 0.15) is 12.8 Å². The number of hydrogen-bond acceptors (Lipinski definition) is 3. The van der Waals surface area contributed by atoms with Crippen molar-refractivity contribution in [2.75, 3.05) is 19.0 Å². The van der Waals surface area contributed by atoms with Gasteiger partial charge in [0, 0.05) is 0 Å². The lowest BCUT2D eigenvalue weighted by Crippen LogP contribution is -2.08. The number of nitrogens with two attached hydrogens (primary N) is 1. The topological polar surface area (TPSA) is 52.3 Å². The highest BCUT2D eigenvalue weighted by atomic mass is 35.5. The Morgan fingerprint density at radius 1 is 1.50 bits per heavy atom. The molecule has 3 nitrogen and oxygen atoms in total. The van der Waals surface area contributed by atoms with Gasteiger partial charge in [-0.25, -0.2) is 0 Å². The van der Waals surface area contributed by atoms with Gasteiger partial charge in [-0.3, -0.25) is 4.79 Å². The van der Waals surface area contributed by atoms with Crippen molar-refractivity contribution in [2.45, 2.75) is 12.8 Å². The number of carbonyl (C=O) groups excluding carboxylic acids is 1. The summed E-state index contributed by atoms with van der Waals surface area (Å²) in [5, 5.41) is 0. The largest absolute Gasteiger partial charge is 0.465 e. The number of alkyl halides is 1. The van der Waals surface area contributed by atoms with Gasteiger partial charge in [0.25, 0.3) is 0 Å². The van der Waals surface area contributed by atoms with Gasteiger partial charge < -0.3 is 10.5 Å². The highest BCUT2D eigenvalue weighted by Crippen LogP contribution is 1.89. The molecule has 0 saturated carbocycles. The van der Waals surface area contributed by atoms with Crippen LogP contribution in [0.2, 0.25) is 0 Å². The second kappa shape index (κ2) is 6.83. The van der Waals surface area contributed by atoms with Crippen molar-refractivity contribution in [3.63, 3.8) is 0 Å². The van der Waals surface area contributed by atoms with Gasteiger partial charge in [0.1, 0.15) is 5.88 Å². The maximum Gasteiger partial charge on any atom is 0.320 e. The molecule has 0 aromatic heterocycles. The minimum absolute atomic E-state index is 0.0668. The SMILES string of the molecule is NCCCCOC(=O)CCl. The Morgan fingerprint density at radius 3 is 2.70 bits per heavy atom. The Hall–Kier alpha value is -0.280. The van der Waals surface area contributed by atoms with Crippen LogP contribution in [-0.2, 0) is 9.53 Å². The van der Waals surface area contributed by atoms with E-state index in [4.69, 9.17) is 17.3 Å². The van der Waals surface area contributed by atoms with Crippen LogP contribution < -0.4 is 5.73 Å². The summed E-state index contributed by atoms with van der Waals surface area (Å²) < 4.78 is 4.67. The summed E-state index contributed by atoms with van der Waals surface area (Å²) >= 11 is 5.17. The van der Waals surface area contributed by atoms with E-state index in [1.165, 1.54) is 0 Å². The number of hydrogen-bond donors (Lipinski definition) is 1. The van der Waals surface area contributed by atoms with Gasteiger partial charge in [0.2, 0.25) is 0 Å². The van der Waals surface area contributed by atoms with E-state index in [-0.39, 0.29) is 11.8 Å². The Balaban J connectivity index is 2.96. The first-order valence-corrected chi connectivity index (χ1v) is 3.76. The fourth-order valence-electron chi connectivity index (χ4n) is 0.471. The summed E-state index contributed by atoms with van der Waals surface area (Å²) in [6.45, 7) is 1.07. The molecule has 4 heteroatoms. The van der Waals surface area contributed by atoms with Crippen LogP contribution in [0, 0.1) is 0 Å². The van der Waals surface area contributed by atoms with Gasteiger partial charge in [0.15, 0.2) is 0 Å². The lowest BCUT2D eigenvalue weighted by molar-refractivity contribution is -0.140. The van der Waals surface area contributed by atoms with Crippen LogP contribution in [-0.4, -0.2) is 25.0 Å². The van der Waals surface area contributed by atoms with E-state index < -0.39 is 0 Å². The second-order valence-electron chi connectivity index (χ2n) is 1.85. The molecule has 0 aliphatic heterocycles. The van der Waals surface area contributed by atoms with E-state index in [0.29, 0.717) is 13.2 Å². The number of ether oxygens (including phenoxy) is 1. The Morgan fingerprint density at radius 2 is 2.20 bits per heavy atom. The van der Waals surface area contributed by atoms with Crippen LogP contribution in [0.25, 0.3) is 0 Å². The first-order chi connectivity index (χ1) is 4.81. The highest BCUT2D eigenvalue weighted by Gasteiger charge is 1.96. The zero-order valence-electron chi connectivity index (χ0n) is 5.81. The van der Waals surface area contributed by atoms with Crippen molar-refractivity contribution in [3.8, 4) is 0 Å².